The van der Waals surface area contributed by atoms with Crippen LogP contribution in [0.5, 0.6) is 0 Å². The molecule has 0 atom stereocenters. The van der Waals surface area contributed by atoms with E-state index in [1.807, 2.05) is 42.5 Å². The zero-order valence-electron chi connectivity index (χ0n) is 13.8. The molecule has 0 aliphatic rings. The van der Waals surface area contributed by atoms with E-state index in [4.69, 9.17) is 28.2 Å². The van der Waals surface area contributed by atoms with Crippen molar-refractivity contribution in [3.8, 4) is 22.7 Å². The standard InChI is InChI=1S/C18H13BrClN5OS/c19-12-1-3-14(15(20)9-12)16-4-2-13(26-16)10-22-25-17(23-24-18(25)27)11-5-7-21-8-6-11/h1-9,22H,10H2,(H,24,27). The van der Waals surface area contributed by atoms with Crippen molar-refractivity contribution in [2.75, 3.05) is 5.43 Å². The summed E-state index contributed by atoms with van der Waals surface area (Å²) in [6.45, 7) is 0.431. The number of halogens is 2. The predicted molar refractivity (Wildman–Crippen MR) is 111 cm³/mol. The highest BCUT2D eigenvalue weighted by atomic mass is 79.9. The Morgan fingerprint density at radius 3 is 2.78 bits per heavy atom. The van der Waals surface area contributed by atoms with Crippen LogP contribution in [0.4, 0.5) is 0 Å². The summed E-state index contributed by atoms with van der Waals surface area (Å²) in [5.74, 6) is 2.12. The third-order valence-electron chi connectivity index (χ3n) is 3.88. The topological polar surface area (TPSA) is 71.7 Å². The molecule has 6 nitrogen and oxygen atoms in total. The molecule has 0 saturated heterocycles. The average Bonchev–Trinajstić information content (AvgIpc) is 3.27. The molecule has 1 aromatic carbocycles. The van der Waals surface area contributed by atoms with Crippen LogP contribution in [0.15, 0.2) is 63.7 Å². The molecule has 0 saturated carbocycles. The molecule has 0 unspecified atom stereocenters. The highest BCUT2D eigenvalue weighted by Gasteiger charge is 2.11. The Hall–Kier alpha value is -2.42. The summed E-state index contributed by atoms with van der Waals surface area (Å²) in [5, 5.41) is 7.69. The Bertz CT molecular complexity index is 1140. The summed E-state index contributed by atoms with van der Waals surface area (Å²) >= 11 is 15.0. The first-order chi connectivity index (χ1) is 13.1. The van der Waals surface area contributed by atoms with Gasteiger partial charge in [0, 0.05) is 28.0 Å². The molecule has 0 amide bonds. The molecule has 9 heteroatoms. The highest BCUT2D eigenvalue weighted by Crippen LogP contribution is 2.31. The second-order valence-corrected chi connectivity index (χ2v) is 7.36. The second-order valence-electron chi connectivity index (χ2n) is 5.65. The minimum Gasteiger partial charge on any atom is -0.459 e. The monoisotopic (exact) mass is 461 g/mol. The summed E-state index contributed by atoms with van der Waals surface area (Å²) < 4.78 is 9.01. The fourth-order valence-corrected chi connectivity index (χ4v) is 3.57. The molecule has 0 radical (unpaired) electrons. The van der Waals surface area contributed by atoms with Gasteiger partial charge < -0.3 is 9.84 Å². The van der Waals surface area contributed by atoms with Gasteiger partial charge in [-0.1, -0.05) is 27.5 Å². The first-order valence-electron chi connectivity index (χ1n) is 7.97. The smallest absolute Gasteiger partial charge is 0.214 e. The van der Waals surface area contributed by atoms with E-state index in [1.54, 1.807) is 17.1 Å². The maximum Gasteiger partial charge on any atom is 0.214 e. The van der Waals surface area contributed by atoms with E-state index in [0.717, 1.165) is 21.4 Å². The van der Waals surface area contributed by atoms with Crippen molar-refractivity contribution in [2.45, 2.75) is 6.54 Å². The number of pyridine rings is 1. The minimum absolute atomic E-state index is 0.431. The SMILES string of the molecule is S=c1[nH]nc(-c2ccncc2)n1NCc1ccc(-c2ccc(Br)cc2Cl)o1. The van der Waals surface area contributed by atoms with Gasteiger partial charge in [-0.25, -0.2) is 9.77 Å². The fraction of sp³-hybridized carbons (Fsp3) is 0.0556. The Kier molecular flexibility index (Phi) is 5.11. The molecule has 27 heavy (non-hydrogen) atoms. The van der Waals surface area contributed by atoms with Gasteiger partial charge in [-0.2, -0.15) is 5.10 Å². The molecular formula is C18H13BrClN5OS. The van der Waals surface area contributed by atoms with Gasteiger partial charge in [0.1, 0.15) is 11.5 Å². The lowest BCUT2D eigenvalue weighted by Gasteiger charge is -2.08. The third kappa shape index (κ3) is 3.83. The number of aromatic amines is 1. The van der Waals surface area contributed by atoms with Gasteiger partial charge in [-0.05, 0) is 54.7 Å². The van der Waals surface area contributed by atoms with E-state index in [2.05, 4.69) is 36.5 Å². The Morgan fingerprint density at radius 2 is 2.00 bits per heavy atom. The van der Waals surface area contributed by atoms with Crippen LogP contribution in [0, 0.1) is 4.77 Å². The third-order valence-corrected chi connectivity index (χ3v) is 4.96. The van der Waals surface area contributed by atoms with Crippen LogP contribution < -0.4 is 5.43 Å². The Morgan fingerprint density at radius 1 is 1.19 bits per heavy atom. The number of hydrogen-bond donors (Lipinski definition) is 2. The number of aromatic nitrogens is 4. The molecule has 3 heterocycles. The number of rotatable bonds is 5. The maximum absolute atomic E-state index is 6.30. The van der Waals surface area contributed by atoms with Crippen molar-refractivity contribution in [1.29, 1.82) is 0 Å². The summed E-state index contributed by atoms with van der Waals surface area (Å²) in [6.07, 6.45) is 3.41. The van der Waals surface area contributed by atoms with Gasteiger partial charge in [0.25, 0.3) is 0 Å². The zero-order valence-corrected chi connectivity index (χ0v) is 17.0. The van der Waals surface area contributed by atoms with E-state index >= 15 is 0 Å². The Balaban J connectivity index is 1.55. The van der Waals surface area contributed by atoms with Gasteiger partial charge >= 0.3 is 0 Å². The molecule has 0 bridgehead atoms. The van der Waals surface area contributed by atoms with Crippen LogP contribution in [0.25, 0.3) is 22.7 Å². The Labute approximate surface area is 173 Å². The molecule has 0 fully saturated rings. The van der Waals surface area contributed by atoms with E-state index in [1.165, 1.54) is 0 Å². The quantitative estimate of drug-likeness (QED) is 0.387. The minimum atomic E-state index is 0.431. The number of nitrogens with one attached hydrogen (secondary N) is 2. The van der Waals surface area contributed by atoms with Crippen molar-refractivity contribution in [1.82, 2.24) is 19.9 Å². The molecule has 4 rings (SSSR count). The van der Waals surface area contributed by atoms with E-state index in [-0.39, 0.29) is 0 Å². The van der Waals surface area contributed by atoms with E-state index in [0.29, 0.717) is 27.9 Å². The van der Waals surface area contributed by atoms with Crippen molar-refractivity contribution >= 4 is 39.7 Å². The first-order valence-corrected chi connectivity index (χ1v) is 9.55. The number of furan rings is 1. The molecule has 0 aliphatic carbocycles. The molecule has 136 valence electrons. The van der Waals surface area contributed by atoms with Gasteiger partial charge in [0.2, 0.25) is 4.77 Å². The van der Waals surface area contributed by atoms with Crippen molar-refractivity contribution in [3.63, 3.8) is 0 Å². The van der Waals surface area contributed by atoms with Crippen LogP contribution in [0.2, 0.25) is 5.02 Å². The second kappa shape index (κ2) is 7.67. The summed E-state index contributed by atoms with van der Waals surface area (Å²) in [5.41, 5.74) is 4.96. The average molecular weight is 463 g/mol. The normalized spacial score (nSPS) is 10.9. The van der Waals surface area contributed by atoms with Gasteiger partial charge in [0.15, 0.2) is 5.82 Å². The number of nitrogens with zero attached hydrogens (tertiary/aromatic N) is 3. The molecule has 3 aromatic heterocycles. The first kappa shape index (κ1) is 18.0. The highest BCUT2D eigenvalue weighted by molar-refractivity contribution is 9.10. The number of H-pyrrole nitrogens is 1. The van der Waals surface area contributed by atoms with Crippen molar-refractivity contribution in [3.05, 3.63) is 74.9 Å². The molecule has 0 spiro atoms. The predicted octanol–water partition coefficient (Wildman–Crippen LogP) is 5.42. The lowest BCUT2D eigenvalue weighted by atomic mass is 10.2. The van der Waals surface area contributed by atoms with Crippen molar-refractivity contribution in [2.24, 2.45) is 0 Å². The molecular weight excluding hydrogens is 450 g/mol. The number of benzene rings is 1. The van der Waals surface area contributed by atoms with E-state index in [9.17, 15) is 0 Å². The summed E-state index contributed by atoms with van der Waals surface area (Å²) in [7, 11) is 0. The molecule has 0 aliphatic heterocycles. The number of hydrogen-bond acceptors (Lipinski definition) is 5. The van der Waals surface area contributed by atoms with Crippen LogP contribution in [0.3, 0.4) is 0 Å². The van der Waals surface area contributed by atoms with E-state index < -0.39 is 0 Å². The maximum atomic E-state index is 6.30. The van der Waals surface area contributed by atoms with Gasteiger partial charge in [-0.15, -0.1) is 0 Å². The molecule has 2 N–H and O–H groups in total. The lowest BCUT2D eigenvalue weighted by molar-refractivity contribution is 0.523. The zero-order chi connectivity index (χ0) is 18.8. The largest absolute Gasteiger partial charge is 0.459 e. The summed E-state index contributed by atoms with van der Waals surface area (Å²) in [4.78, 5) is 4.02. The summed E-state index contributed by atoms with van der Waals surface area (Å²) in [6, 6.07) is 13.2. The molecule has 4 aromatic rings. The fourth-order valence-electron chi connectivity index (χ4n) is 2.60. The van der Waals surface area contributed by atoms with Crippen LogP contribution in [0.1, 0.15) is 5.76 Å². The van der Waals surface area contributed by atoms with Crippen LogP contribution >= 0.6 is 39.7 Å². The van der Waals surface area contributed by atoms with Gasteiger partial charge in [-0.3, -0.25) is 4.98 Å². The van der Waals surface area contributed by atoms with Crippen LogP contribution in [-0.4, -0.2) is 19.9 Å². The lowest BCUT2D eigenvalue weighted by Crippen LogP contribution is -2.15. The van der Waals surface area contributed by atoms with Crippen LogP contribution in [-0.2, 0) is 6.54 Å². The van der Waals surface area contributed by atoms with Crippen molar-refractivity contribution < 1.29 is 4.42 Å². The van der Waals surface area contributed by atoms with Gasteiger partial charge in [0.05, 0.1) is 11.6 Å².